The highest BCUT2D eigenvalue weighted by molar-refractivity contribution is 7.71. The maximum atomic E-state index is 11.4. The number of hydrogen-bond acceptors (Lipinski definition) is 4. The summed E-state index contributed by atoms with van der Waals surface area (Å²) in [4.78, 5) is 11.4. The topological polar surface area (TPSA) is 83.3 Å². The van der Waals surface area contributed by atoms with Gasteiger partial charge in [0.25, 0.3) is 0 Å². The van der Waals surface area contributed by atoms with E-state index in [0.717, 1.165) is 16.7 Å². The molecule has 1 heterocycles. The molecule has 3 aromatic carbocycles. The van der Waals surface area contributed by atoms with Crippen LogP contribution in [0.1, 0.15) is 15.9 Å². The molecule has 142 valence electrons. The standard InChI is InChI=1S/C22H16N4O2S/c27-21(28)18-12-5-4-10-16(18)14-23-26-20(24-25-22(26)29)19-13-7-6-11-17(19)15-8-2-1-3-9-15/h1-14H,(H,25,29)(H,27,28)/b23-14+. The van der Waals surface area contributed by atoms with Crippen molar-refractivity contribution in [3.05, 3.63) is 94.8 Å². The molecule has 0 aliphatic carbocycles. The first kappa shape index (κ1) is 18.5. The van der Waals surface area contributed by atoms with Crippen LogP contribution < -0.4 is 0 Å². The molecule has 2 N–H and O–H groups in total. The van der Waals surface area contributed by atoms with Crippen molar-refractivity contribution in [2.45, 2.75) is 0 Å². The molecule has 4 rings (SSSR count). The summed E-state index contributed by atoms with van der Waals surface area (Å²) in [6.07, 6.45) is 1.48. The predicted octanol–water partition coefficient (Wildman–Crippen LogP) is 4.86. The van der Waals surface area contributed by atoms with Crippen molar-refractivity contribution in [3.63, 3.8) is 0 Å². The molecular formula is C22H16N4O2S. The maximum Gasteiger partial charge on any atom is 0.336 e. The van der Waals surface area contributed by atoms with Crippen LogP contribution in [0.25, 0.3) is 22.5 Å². The number of nitrogens with zero attached hydrogens (tertiary/aromatic N) is 3. The molecule has 0 amide bonds. The molecule has 0 saturated heterocycles. The van der Waals surface area contributed by atoms with Crippen molar-refractivity contribution in [3.8, 4) is 22.5 Å². The van der Waals surface area contributed by atoms with Gasteiger partial charge in [0.15, 0.2) is 5.82 Å². The second-order valence-electron chi connectivity index (χ2n) is 6.21. The van der Waals surface area contributed by atoms with Gasteiger partial charge >= 0.3 is 5.97 Å². The lowest BCUT2D eigenvalue weighted by Crippen LogP contribution is -2.03. The third-order valence-electron chi connectivity index (χ3n) is 4.41. The number of aromatic nitrogens is 3. The van der Waals surface area contributed by atoms with Gasteiger partial charge in [-0.1, -0.05) is 72.8 Å². The highest BCUT2D eigenvalue weighted by Crippen LogP contribution is 2.30. The first-order chi connectivity index (χ1) is 14.1. The fraction of sp³-hybridized carbons (Fsp3) is 0. The van der Waals surface area contributed by atoms with E-state index in [4.69, 9.17) is 12.2 Å². The van der Waals surface area contributed by atoms with E-state index in [1.807, 2.05) is 54.6 Å². The minimum Gasteiger partial charge on any atom is -0.478 e. The second-order valence-corrected chi connectivity index (χ2v) is 6.60. The third-order valence-corrected chi connectivity index (χ3v) is 4.67. The molecule has 0 fully saturated rings. The Balaban J connectivity index is 1.82. The lowest BCUT2D eigenvalue weighted by Gasteiger charge is -2.09. The molecule has 0 aliphatic rings. The summed E-state index contributed by atoms with van der Waals surface area (Å²) in [5, 5.41) is 20.9. The molecular weight excluding hydrogens is 384 g/mol. The number of aromatic amines is 1. The van der Waals surface area contributed by atoms with Crippen molar-refractivity contribution in [1.82, 2.24) is 14.9 Å². The first-order valence-corrected chi connectivity index (χ1v) is 9.25. The van der Waals surface area contributed by atoms with Gasteiger partial charge in [0.2, 0.25) is 4.77 Å². The van der Waals surface area contributed by atoms with Gasteiger partial charge in [0.1, 0.15) is 0 Å². The Bertz CT molecular complexity index is 1260. The van der Waals surface area contributed by atoms with Crippen LogP contribution in [0.5, 0.6) is 0 Å². The van der Waals surface area contributed by atoms with Gasteiger partial charge in [-0.05, 0) is 29.4 Å². The molecule has 1 aromatic heterocycles. The monoisotopic (exact) mass is 400 g/mol. The van der Waals surface area contributed by atoms with E-state index >= 15 is 0 Å². The summed E-state index contributed by atoms with van der Waals surface area (Å²) in [7, 11) is 0. The zero-order chi connectivity index (χ0) is 20.2. The molecule has 0 saturated carbocycles. The van der Waals surface area contributed by atoms with Crippen LogP contribution in [0, 0.1) is 4.77 Å². The van der Waals surface area contributed by atoms with Crippen LogP contribution in [-0.2, 0) is 0 Å². The number of rotatable bonds is 5. The SMILES string of the molecule is O=C(O)c1ccccc1/C=N/n1c(-c2ccccc2-c2ccccc2)n[nH]c1=S. The van der Waals surface area contributed by atoms with Gasteiger partial charge in [-0.25, -0.2) is 9.89 Å². The minimum atomic E-state index is -1.02. The van der Waals surface area contributed by atoms with Gasteiger partial charge in [-0.2, -0.15) is 14.9 Å². The van der Waals surface area contributed by atoms with E-state index < -0.39 is 5.97 Å². The number of aromatic carboxylic acids is 1. The van der Waals surface area contributed by atoms with E-state index in [1.165, 1.54) is 17.0 Å². The van der Waals surface area contributed by atoms with E-state index in [0.29, 0.717) is 16.2 Å². The van der Waals surface area contributed by atoms with Crippen molar-refractivity contribution in [2.75, 3.05) is 0 Å². The maximum absolute atomic E-state index is 11.4. The summed E-state index contributed by atoms with van der Waals surface area (Å²) >= 11 is 5.35. The highest BCUT2D eigenvalue weighted by Gasteiger charge is 2.14. The normalized spacial score (nSPS) is 11.0. The average Bonchev–Trinajstić information content (AvgIpc) is 3.13. The zero-order valence-corrected chi connectivity index (χ0v) is 16.0. The number of hydrogen-bond donors (Lipinski definition) is 2. The molecule has 4 aromatic rings. The molecule has 0 aliphatic heterocycles. The van der Waals surface area contributed by atoms with Crippen LogP contribution in [0.2, 0.25) is 0 Å². The van der Waals surface area contributed by atoms with Gasteiger partial charge in [0.05, 0.1) is 11.8 Å². The number of carbonyl (C=O) groups is 1. The molecule has 7 heteroatoms. The van der Waals surface area contributed by atoms with Crippen LogP contribution in [-0.4, -0.2) is 32.2 Å². The van der Waals surface area contributed by atoms with Gasteiger partial charge in [-0.15, -0.1) is 0 Å². The molecule has 0 atom stereocenters. The average molecular weight is 400 g/mol. The number of carboxylic acid groups (broad SMARTS) is 1. The minimum absolute atomic E-state index is 0.164. The third kappa shape index (κ3) is 3.76. The second kappa shape index (κ2) is 8.04. The quantitative estimate of drug-likeness (QED) is 0.370. The molecule has 0 bridgehead atoms. The lowest BCUT2D eigenvalue weighted by molar-refractivity contribution is 0.0696. The lowest BCUT2D eigenvalue weighted by atomic mass is 9.99. The Hall–Kier alpha value is -3.84. The van der Waals surface area contributed by atoms with E-state index in [9.17, 15) is 9.90 Å². The van der Waals surface area contributed by atoms with Gasteiger partial charge < -0.3 is 5.11 Å². The van der Waals surface area contributed by atoms with E-state index in [1.54, 1.807) is 18.2 Å². The molecule has 0 spiro atoms. The summed E-state index contributed by atoms with van der Waals surface area (Å²) in [5.74, 6) is -0.476. The Morgan fingerprint density at radius 1 is 0.966 bits per heavy atom. The number of carboxylic acids is 1. The summed E-state index contributed by atoms with van der Waals surface area (Å²) in [6.45, 7) is 0. The Labute approximate surface area is 171 Å². The largest absolute Gasteiger partial charge is 0.478 e. The summed E-state index contributed by atoms with van der Waals surface area (Å²) in [6, 6.07) is 24.5. The van der Waals surface area contributed by atoms with Crippen LogP contribution in [0.4, 0.5) is 0 Å². The Kier molecular flexibility index (Phi) is 5.13. The molecule has 0 unspecified atom stereocenters. The number of benzene rings is 3. The van der Waals surface area contributed by atoms with Crippen LogP contribution in [0.15, 0.2) is 84.0 Å². The van der Waals surface area contributed by atoms with Crippen molar-refractivity contribution >= 4 is 24.4 Å². The van der Waals surface area contributed by atoms with Crippen LogP contribution in [0.3, 0.4) is 0 Å². The van der Waals surface area contributed by atoms with Gasteiger partial charge in [-0.3, -0.25) is 0 Å². The Morgan fingerprint density at radius 3 is 2.38 bits per heavy atom. The fourth-order valence-electron chi connectivity index (χ4n) is 3.04. The van der Waals surface area contributed by atoms with Crippen molar-refractivity contribution in [1.29, 1.82) is 0 Å². The smallest absolute Gasteiger partial charge is 0.336 e. The van der Waals surface area contributed by atoms with E-state index in [-0.39, 0.29) is 5.56 Å². The predicted molar refractivity (Wildman–Crippen MR) is 115 cm³/mol. The van der Waals surface area contributed by atoms with Crippen molar-refractivity contribution < 1.29 is 9.90 Å². The summed E-state index contributed by atoms with van der Waals surface area (Å²) in [5.41, 5.74) is 3.53. The van der Waals surface area contributed by atoms with Crippen LogP contribution >= 0.6 is 12.2 Å². The first-order valence-electron chi connectivity index (χ1n) is 8.84. The molecule has 29 heavy (non-hydrogen) atoms. The summed E-state index contributed by atoms with van der Waals surface area (Å²) < 4.78 is 1.81. The fourth-order valence-corrected chi connectivity index (χ4v) is 3.22. The van der Waals surface area contributed by atoms with Crippen molar-refractivity contribution in [2.24, 2.45) is 5.10 Å². The molecule has 6 nitrogen and oxygen atoms in total. The molecule has 0 radical (unpaired) electrons. The number of H-pyrrole nitrogens is 1. The highest BCUT2D eigenvalue weighted by atomic mass is 32.1. The van der Waals surface area contributed by atoms with Gasteiger partial charge in [0, 0.05) is 11.1 Å². The van der Waals surface area contributed by atoms with E-state index in [2.05, 4.69) is 15.3 Å². The Morgan fingerprint density at radius 2 is 1.62 bits per heavy atom. The number of nitrogens with one attached hydrogen (secondary N) is 1. The zero-order valence-electron chi connectivity index (χ0n) is 15.2.